The first kappa shape index (κ1) is 15.9. The summed E-state index contributed by atoms with van der Waals surface area (Å²) in [5.41, 5.74) is 3.25. The number of hydrogen-bond acceptors (Lipinski definition) is 2. The summed E-state index contributed by atoms with van der Waals surface area (Å²) < 4.78 is 0.242. The summed E-state index contributed by atoms with van der Waals surface area (Å²) in [7, 11) is 0. The van der Waals surface area contributed by atoms with Crippen molar-refractivity contribution in [2.75, 3.05) is 17.6 Å². The molecule has 2 amide bonds. The van der Waals surface area contributed by atoms with E-state index in [1.165, 1.54) is 11.1 Å². The van der Waals surface area contributed by atoms with Gasteiger partial charge in [-0.15, -0.1) is 0 Å². The number of aryl methyl sites for hydroxylation is 2. The van der Waals surface area contributed by atoms with Crippen molar-refractivity contribution >= 4 is 23.5 Å². The Morgan fingerprint density at radius 2 is 1.89 bits per heavy atom. The molecule has 0 saturated heterocycles. The zero-order chi connectivity index (χ0) is 14.5. The molecule has 0 fully saturated rings. The van der Waals surface area contributed by atoms with Crippen molar-refractivity contribution < 1.29 is 4.79 Å². The van der Waals surface area contributed by atoms with Crippen molar-refractivity contribution in [3.8, 4) is 0 Å². The van der Waals surface area contributed by atoms with E-state index >= 15 is 0 Å². The number of hydrogen-bond donors (Lipinski definition) is 2. The molecule has 19 heavy (non-hydrogen) atoms. The van der Waals surface area contributed by atoms with Crippen LogP contribution in [0.5, 0.6) is 0 Å². The highest BCUT2D eigenvalue weighted by Crippen LogP contribution is 2.22. The third-order valence-corrected chi connectivity index (χ3v) is 3.96. The molecule has 0 heterocycles. The fourth-order valence-corrected chi connectivity index (χ4v) is 2.33. The maximum atomic E-state index is 11.7. The molecular formula is C15H24N2OS. The Kier molecular flexibility index (Phi) is 5.73. The number of carbonyl (C=O) groups excluding carboxylic acids is 1. The number of amides is 2. The Hall–Kier alpha value is -1.16. The van der Waals surface area contributed by atoms with Crippen LogP contribution in [0.3, 0.4) is 0 Å². The monoisotopic (exact) mass is 280 g/mol. The van der Waals surface area contributed by atoms with Crippen molar-refractivity contribution in [3.63, 3.8) is 0 Å². The van der Waals surface area contributed by atoms with Gasteiger partial charge in [0.05, 0.1) is 0 Å². The van der Waals surface area contributed by atoms with Gasteiger partial charge in [0, 0.05) is 22.7 Å². The van der Waals surface area contributed by atoms with Gasteiger partial charge in [-0.25, -0.2) is 4.79 Å². The van der Waals surface area contributed by atoms with E-state index in [9.17, 15) is 4.79 Å². The van der Waals surface area contributed by atoms with Gasteiger partial charge in [-0.1, -0.05) is 26.8 Å². The highest BCUT2D eigenvalue weighted by atomic mass is 32.2. The molecule has 0 atom stereocenters. The van der Waals surface area contributed by atoms with Crippen LogP contribution in [0.15, 0.2) is 18.2 Å². The average molecular weight is 280 g/mol. The maximum absolute atomic E-state index is 11.7. The quantitative estimate of drug-likeness (QED) is 0.820. The van der Waals surface area contributed by atoms with Crippen LogP contribution in [0.1, 0.15) is 31.9 Å². The molecule has 0 aromatic heterocycles. The standard InChI is InChI=1S/C15H24N2OS/c1-11-6-7-13(10-12(11)2)17-14(18)16-8-9-19-15(3,4)5/h6-7,10H,8-9H2,1-5H3,(H2,16,17,18). The minimum atomic E-state index is -0.141. The van der Waals surface area contributed by atoms with Crippen molar-refractivity contribution in [2.24, 2.45) is 0 Å². The van der Waals surface area contributed by atoms with Gasteiger partial charge in [-0.05, 0) is 37.1 Å². The molecule has 1 aromatic rings. The maximum Gasteiger partial charge on any atom is 0.319 e. The van der Waals surface area contributed by atoms with Crippen molar-refractivity contribution in [1.29, 1.82) is 0 Å². The van der Waals surface area contributed by atoms with E-state index in [1.807, 2.05) is 36.9 Å². The molecule has 1 rings (SSSR count). The van der Waals surface area contributed by atoms with Crippen molar-refractivity contribution in [3.05, 3.63) is 29.3 Å². The van der Waals surface area contributed by atoms with Crippen LogP contribution in [0.2, 0.25) is 0 Å². The topological polar surface area (TPSA) is 41.1 Å². The average Bonchev–Trinajstić information content (AvgIpc) is 2.28. The van der Waals surface area contributed by atoms with E-state index in [0.717, 1.165) is 11.4 Å². The van der Waals surface area contributed by atoms with Gasteiger partial charge in [-0.3, -0.25) is 0 Å². The summed E-state index contributed by atoms with van der Waals surface area (Å²) in [5, 5.41) is 5.72. The summed E-state index contributed by atoms with van der Waals surface area (Å²) in [6.07, 6.45) is 0. The van der Waals surface area contributed by atoms with Crippen LogP contribution in [0.25, 0.3) is 0 Å². The summed E-state index contributed by atoms with van der Waals surface area (Å²) in [6.45, 7) is 11.3. The Labute approximate surface area is 120 Å². The molecule has 0 saturated carbocycles. The smallest absolute Gasteiger partial charge is 0.319 e. The first-order valence-corrected chi connectivity index (χ1v) is 7.52. The van der Waals surface area contributed by atoms with E-state index in [-0.39, 0.29) is 10.8 Å². The van der Waals surface area contributed by atoms with Crippen LogP contribution in [0.4, 0.5) is 10.5 Å². The van der Waals surface area contributed by atoms with Crippen molar-refractivity contribution in [1.82, 2.24) is 5.32 Å². The Bertz CT molecular complexity index is 438. The highest BCUT2D eigenvalue weighted by Gasteiger charge is 2.10. The van der Waals surface area contributed by atoms with Crippen LogP contribution in [-0.4, -0.2) is 23.1 Å². The van der Waals surface area contributed by atoms with Crippen LogP contribution in [-0.2, 0) is 0 Å². The molecule has 2 N–H and O–H groups in total. The molecule has 0 aliphatic rings. The number of nitrogens with one attached hydrogen (secondary N) is 2. The minimum absolute atomic E-state index is 0.141. The van der Waals surface area contributed by atoms with Gasteiger partial charge < -0.3 is 10.6 Å². The number of thioether (sulfide) groups is 1. The Morgan fingerprint density at radius 3 is 2.47 bits per heavy atom. The zero-order valence-electron chi connectivity index (χ0n) is 12.5. The molecule has 106 valence electrons. The van der Waals surface area contributed by atoms with E-state index < -0.39 is 0 Å². The summed E-state index contributed by atoms with van der Waals surface area (Å²) in [6, 6.07) is 5.78. The van der Waals surface area contributed by atoms with E-state index in [2.05, 4.69) is 38.3 Å². The molecule has 0 unspecified atom stereocenters. The fourth-order valence-electron chi connectivity index (χ4n) is 1.52. The lowest BCUT2D eigenvalue weighted by atomic mass is 10.1. The van der Waals surface area contributed by atoms with Crippen LogP contribution >= 0.6 is 11.8 Å². The lowest BCUT2D eigenvalue weighted by molar-refractivity contribution is 0.252. The predicted octanol–water partition coefficient (Wildman–Crippen LogP) is 3.96. The van der Waals surface area contributed by atoms with Crippen LogP contribution < -0.4 is 10.6 Å². The van der Waals surface area contributed by atoms with E-state index in [4.69, 9.17) is 0 Å². The van der Waals surface area contributed by atoms with Gasteiger partial charge in [0.15, 0.2) is 0 Å². The second-order valence-corrected chi connectivity index (χ2v) is 7.56. The Balaban J connectivity index is 2.33. The Morgan fingerprint density at radius 1 is 1.21 bits per heavy atom. The lowest BCUT2D eigenvalue weighted by Gasteiger charge is -2.17. The summed E-state index contributed by atoms with van der Waals surface area (Å²) in [4.78, 5) is 11.7. The van der Waals surface area contributed by atoms with Gasteiger partial charge in [0.2, 0.25) is 0 Å². The molecule has 0 aliphatic heterocycles. The van der Waals surface area contributed by atoms with E-state index in [1.54, 1.807) is 0 Å². The third kappa shape index (κ3) is 6.53. The first-order valence-electron chi connectivity index (χ1n) is 6.54. The zero-order valence-corrected chi connectivity index (χ0v) is 13.3. The molecule has 1 aromatic carbocycles. The molecular weight excluding hydrogens is 256 g/mol. The number of rotatable bonds is 4. The predicted molar refractivity (Wildman–Crippen MR) is 85.1 cm³/mol. The van der Waals surface area contributed by atoms with Crippen LogP contribution in [0, 0.1) is 13.8 Å². The largest absolute Gasteiger partial charge is 0.337 e. The minimum Gasteiger partial charge on any atom is -0.337 e. The SMILES string of the molecule is Cc1ccc(NC(=O)NCCSC(C)(C)C)cc1C. The molecule has 0 spiro atoms. The molecule has 0 aliphatic carbocycles. The second kappa shape index (κ2) is 6.85. The number of benzene rings is 1. The summed E-state index contributed by atoms with van der Waals surface area (Å²) in [5.74, 6) is 0.920. The lowest BCUT2D eigenvalue weighted by Crippen LogP contribution is -2.31. The van der Waals surface area contributed by atoms with Gasteiger partial charge in [-0.2, -0.15) is 11.8 Å². The van der Waals surface area contributed by atoms with Gasteiger partial charge in [0.25, 0.3) is 0 Å². The molecule has 4 heteroatoms. The number of urea groups is 1. The number of carbonyl (C=O) groups is 1. The molecule has 0 bridgehead atoms. The highest BCUT2D eigenvalue weighted by molar-refractivity contribution is 8.00. The van der Waals surface area contributed by atoms with E-state index in [0.29, 0.717) is 6.54 Å². The second-order valence-electron chi connectivity index (χ2n) is 5.64. The number of anilines is 1. The van der Waals surface area contributed by atoms with Crippen molar-refractivity contribution in [2.45, 2.75) is 39.4 Å². The fraction of sp³-hybridized carbons (Fsp3) is 0.533. The third-order valence-electron chi connectivity index (χ3n) is 2.69. The summed E-state index contributed by atoms with van der Waals surface area (Å²) >= 11 is 1.84. The van der Waals surface area contributed by atoms with Gasteiger partial charge in [0.1, 0.15) is 0 Å². The normalized spacial score (nSPS) is 11.2. The molecule has 3 nitrogen and oxygen atoms in total. The molecule has 0 radical (unpaired) electrons. The van der Waals surface area contributed by atoms with Gasteiger partial charge >= 0.3 is 6.03 Å². The first-order chi connectivity index (χ1) is 8.78.